The van der Waals surface area contributed by atoms with Gasteiger partial charge in [0.1, 0.15) is 16.8 Å². The van der Waals surface area contributed by atoms with Gasteiger partial charge in [0, 0.05) is 25.4 Å². The molecule has 0 aliphatic carbocycles. The Labute approximate surface area is 179 Å². The molecule has 1 unspecified atom stereocenters. The molecule has 3 aromatic rings. The second kappa shape index (κ2) is 8.60. The van der Waals surface area contributed by atoms with Gasteiger partial charge in [0.25, 0.3) is 10.0 Å². The number of pyridine rings is 1. The molecule has 1 aliphatic rings. The van der Waals surface area contributed by atoms with Gasteiger partial charge in [0.05, 0.1) is 12.3 Å². The predicted octanol–water partition coefficient (Wildman–Crippen LogP) is 4.05. The average Bonchev–Trinajstić information content (AvgIpc) is 2.77. The number of morpholine rings is 1. The summed E-state index contributed by atoms with van der Waals surface area (Å²) in [6, 6.07) is 13.9. The fourth-order valence-corrected chi connectivity index (χ4v) is 4.48. The van der Waals surface area contributed by atoms with Crippen molar-refractivity contribution in [1.82, 2.24) is 4.98 Å². The number of hydrogen-bond donors (Lipinski definition) is 1. The summed E-state index contributed by atoms with van der Waals surface area (Å²) < 4.78 is 59.7. The summed E-state index contributed by atoms with van der Waals surface area (Å²) in [7, 11) is -3.99. The molecule has 4 rings (SSSR count). The minimum Gasteiger partial charge on any atom is -0.370 e. The van der Waals surface area contributed by atoms with Crippen molar-refractivity contribution in [3.05, 3.63) is 83.6 Å². The molecule has 1 aromatic heterocycles. The largest absolute Gasteiger partial charge is 0.370 e. The Hall–Kier alpha value is -3.04. The summed E-state index contributed by atoms with van der Waals surface area (Å²) in [5.41, 5.74) is 2.19. The fraction of sp³-hybridized carbons (Fsp3) is 0.227. The van der Waals surface area contributed by atoms with E-state index in [-0.39, 0.29) is 16.7 Å². The van der Waals surface area contributed by atoms with Gasteiger partial charge >= 0.3 is 0 Å². The van der Waals surface area contributed by atoms with Crippen LogP contribution in [0.5, 0.6) is 0 Å². The Balaban J connectivity index is 1.49. The number of nitrogens with zero attached hydrogens (tertiary/aromatic N) is 2. The highest BCUT2D eigenvalue weighted by Crippen LogP contribution is 2.28. The van der Waals surface area contributed by atoms with Crippen LogP contribution in [0.2, 0.25) is 0 Å². The lowest BCUT2D eigenvalue weighted by Gasteiger charge is -2.34. The van der Waals surface area contributed by atoms with Crippen molar-refractivity contribution in [3.63, 3.8) is 0 Å². The lowest BCUT2D eigenvalue weighted by molar-refractivity contribution is 0.0391. The number of benzene rings is 2. The Morgan fingerprint density at radius 3 is 2.61 bits per heavy atom. The number of nitrogens with one attached hydrogen (secondary N) is 1. The number of hydrogen-bond acceptors (Lipinski definition) is 5. The van der Waals surface area contributed by atoms with E-state index < -0.39 is 21.7 Å². The number of aromatic nitrogens is 1. The van der Waals surface area contributed by atoms with Crippen LogP contribution in [0.25, 0.3) is 0 Å². The number of sulfonamides is 1. The summed E-state index contributed by atoms with van der Waals surface area (Å²) in [6.45, 7) is 3.79. The van der Waals surface area contributed by atoms with E-state index in [9.17, 15) is 17.2 Å². The van der Waals surface area contributed by atoms with Crippen LogP contribution < -0.4 is 9.62 Å². The van der Waals surface area contributed by atoms with Crippen LogP contribution in [0.4, 0.5) is 20.3 Å². The molecule has 1 N–H and O–H groups in total. The van der Waals surface area contributed by atoms with Crippen molar-refractivity contribution in [2.24, 2.45) is 0 Å². The third kappa shape index (κ3) is 4.67. The van der Waals surface area contributed by atoms with Gasteiger partial charge in [-0.2, -0.15) is 0 Å². The lowest BCUT2D eigenvalue weighted by atomic mass is 10.0. The Morgan fingerprint density at radius 2 is 1.90 bits per heavy atom. The molecule has 1 aliphatic heterocycles. The van der Waals surface area contributed by atoms with Crippen LogP contribution in [0.3, 0.4) is 0 Å². The van der Waals surface area contributed by atoms with E-state index in [0.717, 1.165) is 29.3 Å². The zero-order valence-corrected chi connectivity index (χ0v) is 17.6. The Kier molecular flexibility index (Phi) is 5.88. The van der Waals surface area contributed by atoms with Crippen molar-refractivity contribution in [3.8, 4) is 0 Å². The van der Waals surface area contributed by atoms with Crippen LogP contribution in [-0.2, 0) is 14.8 Å². The van der Waals surface area contributed by atoms with Gasteiger partial charge in [-0.15, -0.1) is 0 Å². The molecule has 9 heteroatoms. The monoisotopic (exact) mass is 445 g/mol. The molecular weight excluding hydrogens is 424 g/mol. The minimum atomic E-state index is -3.99. The first-order valence-corrected chi connectivity index (χ1v) is 11.2. The zero-order chi connectivity index (χ0) is 22.0. The van der Waals surface area contributed by atoms with E-state index in [0.29, 0.717) is 25.5 Å². The molecule has 0 spiro atoms. The average molecular weight is 445 g/mol. The number of halogens is 2. The second-order valence-corrected chi connectivity index (χ2v) is 8.93. The standard InChI is InChI=1S/C22H21F2N3O3S/c1-15-4-2-3-5-18(15)21-14-27(10-11-30-21)22-9-7-17(13-25-22)31(28,29)26-16-6-8-19(23)20(24)12-16/h2-9,12-13,21,26H,10-11,14H2,1H3. The number of rotatable bonds is 5. The predicted molar refractivity (Wildman–Crippen MR) is 113 cm³/mol. The molecule has 162 valence electrons. The first kappa shape index (κ1) is 21.2. The van der Waals surface area contributed by atoms with Crippen LogP contribution >= 0.6 is 0 Å². The van der Waals surface area contributed by atoms with Crippen molar-refractivity contribution in [2.45, 2.75) is 17.9 Å². The first-order chi connectivity index (χ1) is 14.8. The molecule has 0 saturated carbocycles. The highest BCUT2D eigenvalue weighted by Gasteiger charge is 2.24. The highest BCUT2D eigenvalue weighted by molar-refractivity contribution is 7.92. The molecule has 0 amide bonds. The van der Waals surface area contributed by atoms with E-state index in [4.69, 9.17) is 4.74 Å². The van der Waals surface area contributed by atoms with Crippen molar-refractivity contribution in [1.29, 1.82) is 0 Å². The maximum atomic E-state index is 13.4. The summed E-state index contributed by atoms with van der Waals surface area (Å²) in [6.07, 6.45) is 1.14. The van der Waals surface area contributed by atoms with Gasteiger partial charge in [-0.25, -0.2) is 22.2 Å². The third-order valence-corrected chi connectivity index (χ3v) is 6.50. The Morgan fingerprint density at radius 1 is 1.10 bits per heavy atom. The second-order valence-electron chi connectivity index (χ2n) is 7.25. The van der Waals surface area contributed by atoms with Crippen LogP contribution in [-0.4, -0.2) is 33.1 Å². The summed E-state index contributed by atoms with van der Waals surface area (Å²) in [4.78, 5) is 6.27. The van der Waals surface area contributed by atoms with Gasteiger partial charge in [-0.3, -0.25) is 4.72 Å². The molecule has 31 heavy (non-hydrogen) atoms. The van der Waals surface area contributed by atoms with Crippen LogP contribution in [0.15, 0.2) is 65.7 Å². The molecule has 2 heterocycles. The molecule has 1 saturated heterocycles. The van der Waals surface area contributed by atoms with Gasteiger partial charge in [0.2, 0.25) is 0 Å². The maximum absolute atomic E-state index is 13.4. The summed E-state index contributed by atoms with van der Waals surface area (Å²) >= 11 is 0. The molecule has 1 atom stereocenters. The van der Waals surface area contributed by atoms with E-state index in [1.165, 1.54) is 12.3 Å². The van der Waals surface area contributed by atoms with Gasteiger partial charge in [-0.05, 0) is 42.3 Å². The molecule has 2 aromatic carbocycles. The molecule has 0 radical (unpaired) electrons. The minimum absolute atomic E-state index is 0.0720. The quantitative estimate of drug-likeness (QED) is 0.642. The van der Waals surface area contributed by atoms with E-state index in [1.54, 1.807) is 6.07 Å². The summed E-state index contributed by atoms with van der Waals surface area (Å²) in [5, 5.41) is 0. The van der Waals surface area contributed by atoms with Gasteiger partial charge < -0.3 is 9.64 Å². The number of anilines is 2. The molecule has 0 bridgehead atoms. The SMILES string of the molecule is Cc1ccccc1C1CN(c2ccc(S(=O)(=O)Nc3ccc(F)c(F)c3)cn2)CCO1. The van der Waals surface area contributed by atoms with Gasteiger partial charge in [0.15, 0.2) is 11.6 Å². The molecule has 1 fully saturated rings. The first-order valence-electron chi connectivity index (χ1n) is 9.69. The number of ether oxygens (including phenoxy) is 1. The smallest absolute Gasteiger partial charge is 0.263 e. The van der Waals surface area contributed by atoms with E-state index in [2.05, 4.69) is 9.71 Å². The zero-order valence-electron chi connectivity index (χ0n) is 16.8. The third-order valence-electron chi connectivity index (χ3n) is 5.13. The van der Waals surface area contributed by atoms with Crippen molar-refractivity contribution < 1.29 is 21.9 Å². The van der Waals surface area contributed by atoms with E-state index in [1.807, 2.05) is 36.1 Å². The normalized spacial score (nSPS) is 16.9. The van der Waals surface area contributed by atoms with Crippen LogP contribution in [0.1, 0.15) is 17.2 Å². The topological polar surface area (TPSA) is 71.5 Å². The lowest BCUT2D eigenvalue weighted by Crippen LogP contribution is -2.39. The van der Waals surface area contributed by atoms with Crippen molar-refractivity contribution >= 4 is 21.5 Å². The molecule has 6 nitrogen and oxygen atoms in total. The highest BCUT2D eigenvalue weighted by atomic mass is 32.2. The van der Waals surface area contributed by atoms with Gasteiger partial charge in [-0.1, -0.05) is 24.3 Å². The summed E-state index contributed by atoms with van der Waals surface area (Å²) in [5.74, 6) is -1.55. The van der Waals surface area contributed by atoms with E-state index >= 15 is 0 Å². The maximum Gasteiger partial charge on any atom is 0.263 e. The van der Waals surface area contributed by atoms with Crippen LogP contribution in [0, 0.1) is 18.6 Å². The number of aryl methyl sites for hydroxylation is 1. The van der Waals surface area contributed by atoms with Crippen molar-refractivity contribution in [2.75, 3.05) is 29.3 Å². The fourth-order valence-electron chi connectivity index (χ4n) is 3.49. The Bertz CT molecular complexity index is 1190. The molecular formula is C22H21F2N3O3S.